The molecule has 50 heavy (non-hydrogen) atoms. The molecule has 0 aliphatic carbocycles. The fourth-order valence-electron chi connectivity index (χ4n) is 5.09. The molecule has 12 heteroatoms. The molecule has 1 amide bonds. The van der Waals surface area contributed by atoms with Crippen LogP contribution in [0.25, 0.3) is 10.9 Å². The van der Waals surface area contributed by atoms with Crippen molar-refractivity contribution < 1.29 is 27.5 Å². The number of hydrogen-bond donors (Lipinski definition) is 1. The second-order valence-corrected chi connectivity index (χ2v) is 19.0. The third-order valence-electron chi connectivity index (χ3n) is 9.26. The Hall–Kier alpha value is -4.58. The monoisotopic (exact) mass is 705 g/mol. The van der Waals surface area contributed by atoms with Gasteiger partial charge in [-0.05, 0) is 86.9 Å². The van der Waals surface area contributed by atoms with E-state index in [-0.39, 0.29) is 24.0 Å². The van der Waals surface area contributed by atoms with Gasteiger partial charge in [-0.2, -0.15) is 8.78 Å². The third-order valence-corrected chi connectivity index (χ3v) is 13.6. The highest BCUT2D eigenvalue weighted by Crippen LogP contribution is 2.40. The first kappa shape index (κ1) is 38.2. The van der Waals surface area contributed by atoms with Gasteiger partial charge in [-0.25, -0.2) is 14.8 Å². The molecule has 0 radical (unpaired) electrons. The molecule has 3 aromatic carbocycles. The number of carbonyl (C=O) groups is 2. The zero-order valence-electron chi connectivity index (χ0n) is 30.9. The highest BCUT2D eigenvalue weighted by molar-refractivity contribution is 6.74. The van der Waals surface area contributed by atoms with Crippen molar-refractivity contribution in [1.82, 2.24) is 14.9 Å². The summed E-state index contributed by atoms with van der Waals surface area (Å²) < 4.78 is 41.0. The van der Waals surface area contributed by atoms with E-state index in [2.05, 4.69) is 53.9 Å². The Morgan fingerprint density at radius 2 is 1.62 bits per heavy atom. The molecule has 0 aliphatic heterocycles. The molecule has 0 spiro atoms. The van der Waals surface area contributed by atoms with E-state index < -0.39 is 31.8 Å². The Bertz CT molecular complexity index is 1880. The Balaban J connectivity index is 1.70. The number of fused-ring (bicyclic) bond motifs is 1. The lowest BCUT2D eigenvalue weighted by Gasteiger charge is -2.37. The molecule has 9 nitrogen and oxygen atoms in total. The number of benzene rings is 3. The smallest absolute Gasteiger partial charge is 0.381 e. The number of amides is 1. The van der Waals surface area contributed by atoms with Gasteiger partial charge in [0.25, 0.3) is 0 Å². The van der Waals surface area contributed by atoms with Crippen LogP contribution in [0.3, 0.4) is 0 Å². The number of anilines is 3. The summed E-state index contributed by atoms with van der Waals surface area (Å²) in [6.45, 7) is 15.9. The molecular weight excluding hydrogens is 657 g/mol. The molecule has 0 saturated carbocycles. The van der Waals surface area contributed by atoms with Crippen molar-refractivity contribution in [3.63, 3.8) is 0 Å². The number of alkyl halides is 2. The van der Waals surface area contributed by atoms with Crippen LogP contribution in [-0.2, 0) is 26.7 Å². The van der Waals surface area contributed by atoms with E-state index in [0.717, 1.165) is 28.1 Å². The summed E-state index contributed by atoms with van der Waals surface area (Å²) in [4.78, 5) is 37.8. The van der Waals surface area contributed by atoms with Crippen molar-refractivity contribution in [2.45, 2.75) is 78.1 Å². The summed E-state index contributed by atoms with van der Waals surface area (Å²) in [6.07, 6.45) is 0.197. The van der Waals surface area contributed by atoms with Crippen LogP contribution in [0, 0.1) is 6.92 Å². The maximum Gasteiger partial charge on any atom is 0.381 e. The molecule has 4 rings (SSSR count). The largest absolute Gasteiger partial charge is 0.543 e. The number of aromatic nitrogens is 2. The van der Waals surface area contributed by atoms with Gasteiger partial charge in [-0.15, -0.1) is 0 Å². The van der Waals surface area contributed by atoms with E-state index in [1.807, 2.05) is 55.3 Å². The minimum atomic E-state index is -3.78. The summed E-state index contributed by atoms with van der Waals surface area (Å²) in [5.41, 5.74) is 3.33. The van der Waals surface area contributed by atoms with Crippen LogP contribution >= 0.6 is 0 Å². The first-order valence-corrected chi connectivity index (χ1v) is 19.6. The van der Waals surface area contributed by atoms with Crippen LogP contribution in [0.4, 0.5) is 26.0 Å². The Kier molecular flexibility index (Phi) is 11.3. The van der Waals surface area contributed by atoms with Crippen molar-refractivity contribution >= 4 is 48.3 Å². The van der Waals surface area contributed by atoms with Gasteiger partial charge in [0.05, 0.1) is 18.5 Å². The highest BCUT2D eigenvalue weighted by Gasteiger charge is 2.43. The van der Waals surface area contributed by atoms with Crippen molar-refractivity contribution in [2.24, 2.45) is 0 Å². The molecule has 0 aliphatic rings. The first-order chi connectivity index (χ1) is 23.2. The van der Waals surface area contributed by atoms with Crippen LogP contribution in [-0.4, -0.2) is 62.8 Å². The first-order valence-electron chi connectivity index (χ1n) is 16.7. The third kappa shape index (κ3) is 8.40. The number of halogens is 2. The van der Waals surface area contributed by atoms with Crippen molar-refractivity contribution in [3.05, 3.63) is 83.2 Å². The molecule has 1 heterocycles. The van der Waals surface area contributed by atoms with E-state index >= 15 is 0 Å². The topological polar surface area (TPSA) is 96.9 Å². The normalized spacial score (nSPS) is 12.7. The minimum absolute atomic E-state index is 0.0173. The summed E-state index contributed by atoms with van der Waals surface area (Å²) in [6, 6.07) is 17.1. The van der Waals surface area contributed by atoms with Gasteiger partial charge in [0, 0.05) is 55.1 Å². The lowest BCUT2D eigenvalue weighted by molar-refractivity contribution is -0.173. The predicted molar refractivity (Wildman–Crippen MR) is 198 cm³/mol. The molecule has 1 aromatic heterocycles. The molecule has 0 bridgehead atoms. The van der Waals surface area contributed by atoms with E-state index in [4.69, 9.17) is 4.43 Å². The number of likely N-dealkylation sites (N-methyl/N-ethyl adjacent to an activating group) is 1. The quantitative estimate of drug-likeness (QED) is 0.116. The zero-order valence-corrected chi connectivity index (χ0v) is 31.9. The molecule has 268 valence electrons. The lowest BCUT2D eigenvalue weighted by Crippen LogP contribution is -2.44. The van der Waals surface area contributed by atoms with Gasteiger partial charge in [-0.1, -0.05) is 39.0 Å². The Morgan fingerprint density at radius 3 is 2.26 bits per heavy atom. The van der Waals surface area contributed by atoms with E-state index in [9.17, 15) is 18.4 Å². The van der Waals surface area contributed by atoms with Gasteiger partial charge in [0.1, 0.15) is 17.4 Å². The summed E-state index contributed by atoms with van der Waals surface area (Å²) in [7, 11) is 3.25. The SMILES string of the molecule is CCOC(=O)C(F)(F)c1cccc([C@@H](C)Nc2nc(C)nc3ccc(N(C)c4ccc(O[Si](C)(C)C(C)(C)C)c(CC(=O)N(C)C)c4)cc23)c1. The van der Waals surface area contributed by atoms with E-state index in [1.54, 1.807) is 32.0 Å². The fourth-order valence-corrected chi connectivity index (χ4v) is 6.15. The maximum atomic E-state index is 14.8. The van der Waals surface area contributed by atoms with E-state index in [0.29, 0.717) is 22.7 Å². The van der Waals surface area contributed by atoms with Crippen LogP contribution in [0.1, 0.15) is 63.2 Å². The minimum Gasteiger partial charge on any atom is -0.543 e. The Morgan fingerprint density at radius 1 is 0.960 bits per heavy atom. The van der Waals surface area contributed by atoms with Crippen LogP contribution < -0.4 is 14.6 Å². The Labute approximate surface area is 295 Å². The van der Waals surface area contributed by atoms with Crippen LogP contribution in [0.15, 0.2) is 60.7 Å². The number of ether oxygens (including phenoxy) is 1. The molecule has 1 N–H and O–H groups in total. The van der Waals surface area contributed by atoms with E-state index in [1.165, 1.54) is 25.1 Å². The maximum absolute atomic E-state index is 14.8. The summed E-state index contributed by atoms with van der Waals surface area (Å²) >= 11 is 0. The average molecular weight is 706 g/mol. The highest BCUT2D eigenvalue weighted by atomic mass is 28.4. The molecule has 0 fully saturated rings. The number of nitrogens with one attached hydrogen (secondary N) is 1. The number of esters is 1. The van der Waals surface area contributed by atoms with Crippen molar-refractivity contribution in [3.8, 4) is 5.75 Å². The number of aryl methyl sites for hydroxylation is 1. The van der Waals surface area contributed by atoms with Crippen molar-refractivity contribution in [2.75, 3.05) is 38.0 Å². The van der Waals surface area contributed by atoms with Gasteiger partial charge in [0.15, 0.2) is 0 Å². The molecule has 1 atom stereocenters. The van der Waals surface area contributed by atoms with Crippen LogP contribution in [0.2, 0.25) is 18.1 Å². The van der Waals surface area contributed by atoms with Gasteiger partial charge < -0.3 is 24.3 Å². The van der Waals surface area contributed by atoms with Gasteiger partial charge in [0.2, 0.25) is 14.2 Å². The summed E-state index contributed by atoms with van der Waals surface area (Å²) in [5, 5.41) is 4.10. The molecule has 4 aromatic rings. The average Bonchev–Trinajstić information content (AvgIpc) is 3.04. The number of hydrogen-bond acceptors (Lipinski definition) is 8. The zero-order chi connectivity index (χ0) is 37.2. The number of rotatable bonds is 12. The number of carbonyl (C=O) groups excluding carboxylic acids is 2. The van der Waals surface area contributed by atoms with Crippen molar-refractivity contribution in [1.29, 1.82) is 0 Å². The predicted octanol–water partition coefficient (Wildman–Crippen LogP) is 8.55. The molecule has 0 unspecified atom stereocenters. The molecule has 0 saturated heterocycles. The van der Waals surface area contributed by atoms with Crippen LogP contribution in [0.5, 0.6) is 5.75 Å². The van der Waals surface area contributed by atoms with Gasteiger partial charge >= 0.3 is 11.9 Å². The fraction of sp³-hybridized carbons (Fsp3) is 0.421. The lowest BCUT2D eigenvalue weighted by atomic mass is 10.0. The second-order valence-electron chi connectivity index (χ2n) is 14.3. The summed E-state index contributed by atoms with van der Waals surface area (Å²) in [5.74, 6) is -3.59. The second kappa shape index (κ2) is 14.7. The molecular formula is C38H49F2N5O4Si. The standard InChI is InChI=1S/C38H49F2N5O4Si/c1-12-48-36(47)38(39,40)28-15-13-14-26(20-28)24(2)41-35-31-23-30(16-18-32(31)42-25(3)43-35)45(9)29-17-19-33(49-50(10,11)37(4,5)6)27(21-29)22-34(46)44(7)8/h13-21,23-24H,12,22H2,1-11H3,(H,41,42,43)/t24-/m1/s1. The number of nitrogens with zero attached hydrogens (tertiary/aromatic N) is 4. The van der Waals surface area contributed by atoms with Gasteiger partial charge in [-0.3, -0.25) is 4.79 Å².